The molecule has 0 bridgehead atoms. The Labute approximate surface area is 143 Å². The summed E-state index contributed by atoms with van der Waals surface area (Å²) in [5.74, 6) is 1.30. The number of nitrogens with one attached hydrogen (secondary N) is 2. The van der Waals surface area contributed by atoms with Crippen molar-refractivity contribution in [3.05, 3.63) is 30.1 Å². The van der Waals surface area contributed by atoms with Crippen molar-refractivity contribution >= 4 is 29.9 Å². The second-order valence-electron chi connectivity index (χ2n) is 4.44. The summed E-state index contributed by atoms with van der Waals surface area (Å²) in [4.78, 5) is 4.13. The van der Waals surface area contributed by atoms with Crippen LogP contribution < -0.4 is 15.4 Å². The lowest BCUT2D eigenvalue weighted by Crippen LogP contribution is -2.38. The van der Waals surface area contributed by atoms with Crippen molar-refractivity contribution in [2.24, 2.45) is 4.99 Å². The lowest BCUT2D eigenvalue weighted by atomic mass is 10.3. The molecule has 0 aliphatic heterocycles. The third kappa shape index (κ3) is 9.49. The third-order valence-electron chi connectivity index (χ3n) is 2.71. The van der Waals surface area contributed by atoms with Gasteiger partial charge in [0.25, 0.3) is 0 Å². The van der Waals surface area contributed by atoms with E-state index in [-0.39, 0.29) is 29.8 Å². The maximum absolute atomic E-state index is 12.7. The van der Waals surface area contributed by atoms with Crippen LogP contribution >= 0.6 is 24.0 Å². The molecule has 0 radical (unpaired) electrons. The number of halogens is 2. The predicted octanol–water partition coefficient (Wildman–Crippen LogP) is 3.18. The molecule has 1 aromatic rings. The quantitative estimate of drug-likeness (QED) is 0.300. The summed E-state index contributed by atoms with van der Waals surface area (Å²) in [5, 5.41) is 6.46. The predicted molar refractivity (Wildman–Crippen MR) is 96.2 cm³/mol. The van der Waals surface area contributed by atoms with Gasteiger partial charge in [0.2, 0.25) is 0 Å². The number of nitrogens with zero attached hydrogens (tertiary/aromatic N) is 1. The van der Waals surface area contributed by atoms with Gasteiger partial charge in [-0.05, 0) is 43.5 Å². The molecule has 0 unspecified atom stereocenters. The number of benzene rings is 1. The lowest BCUT2D eigenvalue weighted by molar-refractivity contribution is 0.306. The molecule has 0 heterocycles. The molecule has 0 saturated heterocycles. The molecule has 21 heavy (non-hydrogen) atoms. The molecule has 0 aliphatic carbocycles. The lowest BCUT2D eigenvalue weighted by Gasteiger charge is -2.11. The summed E-state index contributed by atoms with van der Waals surface area (Å²) >= 11 is 0. The highest BCUT2D eigenvalue weighted by molar-refractivity contribution is 14.0. The summed E-state index contributed by atoms with van der Waals surface area (Å²) < 4.78 is 18.2. The molecule has 0 atom stereocenters. The molecule has 0 aliphatic rings. The molecule has 2 N–H and O–H groups in total. The first-order valence-corrected chi connectivity index (χ1v) is 7.09. The zero-order valence-corrected chi connectivity index (χ0v) is 15.0. The molecule has 4 nitrogen and oxygen atoms in total. The number of rotatable bonds is 8. The number of ether oxygens (including phenoxy) is 1. The largest absolute Gasteiger partial charge is 0.494 e. The minimum absolute atomic E-state index is 0. The fourth-order valence-electron chi connectivity index (χ4n) is 1.62. The fourth-order valence-corrected chi connectivity index (χ4v) is 1.62. The second kappa shape index (κ2) is 12.7. The van der Waals surface area contributed by atoms with E-state index < -0.39 is 0 Å². The molecule has 1 aromatic carbocycles. The summed E-state index contributed by atoms with van der Waals surface area (Å²) in [6.45, 7) is 4.53. The highest BCUT2D eigenvalue weighted by atomic mass is 127. The zero-order chi connectivity index (χ0) is 14.6. The van der Waals surface area contributed by atoms with Crippen LogP contribution in [0.2, 0.25) is 0 Å². The van der Waals surface area contributed by atoms with Gasteiger partial charge >= 0.3 is 0 Å². The van der Waals surface area contributed by atoms with E-state index in [1.807, 2.05) is 0 Å². The SMILES string of the molecule is CCCNC(=NC)NCCCCOc1ccc(F)cc1.I. The van der Waals surface area contributed by atoms with E-state index >= 15 is 0 Å². The van der Waals surface area contributed by atoms with E-state index in [9.17, 15) is 4.39 Å². The van der Waals surface area contributed by atoms with Crippen LogP contribution in [-0.4, -0.2) is 32.7 Å². The van der Waals surface area contributed by atoms with Gasteiger partial charge in [0.15, 0.2) is 5.96 Å². The monoisotopic (exact) mass is 409 g/mol. The number of guanidine groups is 1. The molecule has 1 rings (SSSR count). The van der Waals surface area contributed by atoms with E-state index in [0.717, 1.165) is 38.3 Å². The third-order valence-corrected chi connectivity index (χ3v) is 2.71. The van der Waals surface area contributed by atoms with E-state index in [2.05, 4.69) is 22.5 Å². The van der Waals surface area contributed by atoms with Gasteiger partial charge in [-0.1, -0.05) is 6.92 Å². The summed E-state index contributed by atoms with van der Waals surface area (Å²) in [5.41, 5.74) is 0. The molecule has 0 spiro atoms. The van der Waals surface area contributed by atoms with E-state index in [4.69, 9.17) is 4.74 Å². The minimum atomic E-state index is -0.243. The van der Waals surface area contributed by atoms with Crippen molar-refractivity contribution in [3.63, 3.8) is 0 Å². The Kier molecular flexibility index (Phi) is 12.0. The molecule has 6 heteroatoms. The Morgan fingerprint density at radius 2 is 1.81 bits per heavy atom. The van der Waals surface area contributed by atoms with Gasteiger partial charge < -0.3 is 15.4 Å². The van der Waals surface area contributed by atoms with Crippen molar-refractivity contribution in [3.8, 4) is 5.75 Å². The van der Waals surface area contributed by atoms with Crippen LogP contribution in [0.15, 0.2) is 29.3 Å². The Morgan fingerprint density at radius 3 is 2.43 bits per heavy atom. The molecule has 0 fully saturated rings. The first-order chi connectivity index (χ1) is 9.76. The topological polar surface area (TPSA) is 45.7 Å². The smallest absolute Gasteiger partial charge is 0.190 e. The minimum Gasteiger partial charge on any atom is -0.494 e. The first-order valence-electron chi connectivity index (χ1n) is 7.09. The molecular formula is C15H25FIN3O. The number of hydrogen-bond acceptors (Lipinski definition) is 2. The van der Waals surface area contributed by atoms with Crippen molar-refractivity contribution in [1.29, 1.82) is 0 Å². The Bertz CT molecular complexity index is 398. The van der Waals surface area contributed by atoms with Gasteiger partial charge in [0.1, 0.15) is 11.6 Å². The second-order valence-corrected chi connectivity index (χ2v) is 4.44. The van der Waals surface area contributed by atoms with E-state index in [1.165, 1.54) is 12.1 Å². The summed E-state index contributed by atoms with van der Waals surface area (Å²) in [6.07, 6.45) is 3.01. The normalized spacial score (nSPS) is 10.7. The van der Waals surface area contributed by atoms with Gasteiger partial charge in [-0.3, -0.25) is 4.99 Å². The summed E-state index contributed by atoms with van der Waals surface area (Å²) in [6, 6.07) is 6.09. The van der Waals surface area contributed by atoms with Crippen molar-refractivity contribution < 1.29 is 9.13 Å². The van der Waals surface area contributed by atoms with Crippen LogP contribution in [0.5, 0.6) is 5.75 Å². The zero-order valence-electron chi connectivity index (χ0n) is 12.7. The summed E-state index contributed by atoms with van der Waals surface area (Å²) in [7, 11) is 1.77. The van der Waals surface area contributed by atoms with Gasteiger partial charge in [0, 0.05) is 20.1 Å². The maximum atomic E-state index is 12.7. The first kappa shape index (κ1) is 19.9. The molecule has 0 saturated carbocycles. The van der Waals surface area contributed by atoms with Crippen molar-refractivity contribution in [1.82, 2.24) is 10.6 Å². The van der Waals surface area contributed by atoms with Crippen LogP contribution in [-0.2, 0) is 0 Å². The van der Waals surface area contributed by atoms with Crippen molar-refractivity contribution in [2.45, 2.75) is 26.2 Å². The molecule has 0 amide bonds. The highest BCUT2D eigenvalue weighted by Crippen LogP contribution is 2.11. The van der Waals surface area contributed by atoms with Gasteiger partial charge in [0.05, 0.1) is 6.61 Å². The van der Waals surface area contributed by atoms with Crippen LogP contribution in [0.1, 0.15) is 26.2 Å². The highest BCUT2D eigenvalue weighted by Gasteiger charge is 1.97. The molecule has 120 valence electrons. The van der Waals surface area contributed by atoms with Crippen LogP contribution in [0, 0.1) is 5.82 Å². The van der Waals surface area contributed by atoms with Crippen LogP contribution in [0.4, 0.5) is 4.39 Å². The van der Waals surface area contributed by atoms with Gasteiger partial charge in [-0.15, -0.1) is 24.0 Å². The maximum Gasteiger partial charge on any atom is 0.190 e. The average molecular weight is 409 g/mol. The van der Waals surface area contributed by atoms with E-state index in [1.54, 1.807) is 19.2 Å². The number of unbranched alkanes of at least 4 members (excludes halogenated alkanes) is 1. The van der Waals surface area contributed by atoms with E-state index in [0.29, 0.717) is 12.4 Å². The molecule has 0 aromatic heterocycles. The average Bonchev–Trinajstić information content (AvgIpc) is 2.47. The molecular weight excluding hydrogens is 384 g/mol. The van der Waals surface area contributed by atoms with Crippen LogP contribution in [0.25, 0.3) is 0 Å². The number of aliphatic imine (C=N–C) groups is 1. The van der Waals surface area contributed by atoms with Gasteiger partial charge in [-0.2, -0.15) is 0 Å². The Balaban J connectivity index is 0.00000400. The fraction of sp³-hybridized carbons (Fsp3) is 0.533. The number of hydrogen-bond donors (Lipinski definition) is 2. The van der Waals surface area contributed by atoms with Crippen molar-refractivity contribution in [2.75, 3.05) is 26.7 Å². The standard InChI is InChI=1S/C15H24FN3O.HI/c1-3-10-18-15(17-2)19-11-4-5-12-20-14-8-6-13(16)7-9-14;/h6-9H,3-5,10-12H2,1-2H3,(H2,17,18,19);1H. The Hall–Kier alpha value is -1.05. The van der Waals surface area contributed by atoms with Gasteiger partial charge in [-0.25, -0.2) is 4.39 Å². The van der Waals surface area contributed by atoms with Crippen LogP contribution in [0.3, 0.4) is 0 Å². The Morgan fingerprint density at radius 1 is 1.14 bits per heavy atom.